The standard InChI is InChI=1S/C30H39N5O/c36-30(21-24-7-4-5-8-24)33-27-11-6-12-28(22-27)35-18-13-26(14-19-35)32-29(25-9-2-1-3-10-25)15-17-34-20-16-31-23-34/h1-3,6,9-12,16,20,22-24,26,29,32H,4-5,7-8,13-15,17-19,21H2,(H,33,36). The Balaban J connectivity index is 1.14. The number of aryl methyl sites for hydroxylation is 1. The van der Waals surface area contributed by atoms with Crippen molar-refractivity contribution in [2.24, 2.45) is 5.92 Å². The molecule has 190 valence electrons. The van der Waals surface area contributed by atoms with Gasteiger partial charge in [-0.05, 0) is 61.8 Å². The Morgan fingerprint density at radius 2 is 1.81 bits per heavy atom. The van der Waals surface area contributed by atoms with Crippen molar-refractivity contribution in [3.63, 3.8) is 0 Å². The maximum atomic E-state index is 12.5. The summed E-state index contributed by atoms with van der Waals surface area (Å²) in [5, 5.41) is 7.10. The minimum atomic E-state index is 0.157. The van der Waals surface area contributed by atoms with Crippen LogP contribution in [0, 0.1) is 5.92 Å². The van der Waals surface area contributed by atoms with Crippen molar-refractivity contribution in [3.05, 3.63) is 78.9 Å². The fraction of sp³-hybridized carbons (Fsp3) is 0.467. The van der Waals surface area contributed by atoms with Gasteiger partial charge >= 0.3 is 0 Å². The lowest BCUT2D eigenvalue weighted by Crippen LogP contribution is -2.44. The molecule has 1 unspecified atom stereocenters. The van der Waals surface area contributed by atoms with Crippen LogP contribution in [0.1, 0.15) is 63.0 Å². The molecule has 0 bridgehead atoms. The molecule has 0 radical (unpaired) electrons. The highest BCUT2D eigenvalue weighted by Gasteiger charge is 2.23. The van der Waals surface area contributed by atoms with Gasteiger partial charge in [0, 0.05) is 61.9 Å². The van der Waals surface area contributed by atoms with Crippen LogP contribution in [0.5, 0.6) is 0 Å². The predicted molar refractivity (Wildman–Crippen MR) is 146 cm³/mol. The number of nitrogens with one attached hydrogen (secondary N) is 2. The first-order valence-electron chi connectivity index (χ1n) is 13.6. The number of nitrogens with zero attached hydrogens (tertiary/aromatic N) is 3. The average Bonchev–Trinajstić information content (AvgIpc) is 3.62. The number of imidazole rings is 1. The molecule has 1 saturated heterocycles. The molecule has 1 saturated carbocycles. The molecule has 2 aromatic carbocycles. The molecular weight excluding hydrogens is 446 g/mol. The number of anilines is 2. The highest BCUT2D eigenvalue weighted by molar-refractivity contribution is 5.91. The van der Waals surface area contributed by atoms with Gasteiger partial charge in [0.05, 0.1) is 6.33 Å². The number of aromatic nitrogens is 2. The van der Waals surface area contributed by atoms with E-state index < -0.39 is 0 Å². The lowest BCUT2D eigenvalue weighted by Gasteiger charge is -2.36. The second-order valence-electron chi connectivity index (χ2n) is 10.4. The Morgan fingerprint density at radius 1 is 1.00 bits per heavy atom. The number of benzene rings is 2. The molecule has 6 nitrogen and oxygen atoms in total. The summed E-state index contributed by atoms with van der Waals surface area (Å²) in [5.74, 6) is 0.726. The van der Waals surface area contributed by atoms with Gasteiger partial charge in [0.1, 0.15) is 0 Å². The van der Waals surface area contributed by atoms with Gasteiger partial charge in [-0.25, -0.2) is 4.98 Å². The molecule has 1 atom stereocenters. The molecule has 1 aliphatic heterocycles. The van der Waals surface area contributed by atoms with Crippen LogP contribution in [0.3, 0.4) is 0 Å². The normalized spacial score (nSPS) is 17.8. The van der Waals surface area contributed by atoms with Crippen molar-refractivity contribution in [1.82, 2.24) is 14.9 Å². The van der Waals surface area contributed by atoms with Gasteiger partial charge in [-0.3, -0.25) is 4.79 Å². The van der Waals surface area contributed by atoms with Crippen LogP contribution in [0.2, 0.25) is 0 Å². The van der Waals surface area contributed by atoms with E-state index in [1.807, 2.05) is 24.8 Å². The van der Waals surface area contributed by atoms with E-state index in [1.165, 1.54) is 36.9 Å². The number of hydrogen-bond acceptors (Lipinski definition) is 4. The van der Waals surface area contributed by atoms with E-state index in [1.54, 1.807) is 0 Å². The van der Waals surface area contributed by atoms with E-state index in [0.29, 0.717) is 24.4 Å². The molecule has 6 heteroatoms. The molecule has 5 rings (SSSR count). The van der Waals surface area contributed by atoms with Gasteiger partial charge in [-0.2, -0.15) is 0 Å². The zero-order valence-corrected chi connectivity index (χ0v) is 21.2. The average molecular weight is 486 g/mol. The SMILES string of the molecule is O=C(CC1CCCC1)Nc1cccc(N2CCC(NC(CCn3ccnc3)c3ccccc3)CC2)c1. The van der Waals surface area contributed by atoms with Crippen LogP contribution in [-0.2, 0) is 11.3 Å². The lowest BCUT2D eigenvalue weighted by atomic mass is 9.98. The Kier molecular flexibility index (Phi) is 8.34. The summed E-state index contributed by atoms with van der Waals surface area (Å²) in [4.78, 5) is 19.1. The fourth-order valence-electron chi connectivity index (χ4n) is 5.79. The molecule has 0 spiro atoms. The smallest absolute Gasteiger partial charge is 0.224 e. The second-order valence-corrected chi connectivity index (χ2v) is 10.4. The second kappa shape index (κ2) is 12.2. The molecule has 3 aromatic rings. The van der Waals surface area contributed by atoms with Crippen LogP contribution in [0.25, 0.3) is 0 Å². The monoisotopic (exact) mass is 485 g/mol. The summed E-state index contributed by atoms with van der Waals surface area (Å²) < 4.78 is 2.15. The molecule has 2 N–H and O–H groups in total. The van der Waals surface area contributed by atoms with E-state index >= 15 is 0 Å². The van der Waals surface area contributed by atoms with Gasteiger partial charge < -0.3 is 20.1 Å². The molecule has 2 aliphatic rings. The molecule has 2 heterocycles. The summed E-state index contributed by atoms with van der Waals surface area (Å²) >= 11 is 0. The Bertz CT molecular complexity index is 1070. The minimum Gasteiger partial charge on any atom is -0.371 e. The van der Waals surface area contributed by atoms with Crippen molar-refractivity contribution in [2.75, 3.05) is 23.3 Å². The van der Waals surface area contributed by atoms with Crippen molar-refractivity contribution >= 4 is 17.3 Å². The third-order valence-electron chi connectivity index (χ3n) is 7.81. The Morgan fingerprint density at radius 3 is 2.56 bits per heavy atom. The fourth-order valence-corrected chi connectivity index (χ4v) is 5.79. The topological polar surface area (TPSA) is 62.2 Å². The zero-order valence-electron chi connectivity index (χ0n) is 21.2. The van der Waals surface area contributed by atoms with E-state index in [-0.39, 0.29) is 5.91 Å². The highest BCUT2D eigenvalue weighted by atomic mass is 16.1. The number of piperidine rings is 1. The lowest BCUT2D eigenvalue weighted by molar-refractivity contribution is -0.117. The summed E-state index contributed by atoms with van der Waals surface area (Å²) in [5.41, 5.74) is 3.47. The van der Waals surface area contributed by atoms with E-state index in [2.05, 4.69) is 73.6 Å². The van der Waals surface area contributed by atoms with Gasteiger partial charge in [-0.1, -0.05) is 49.2 Å². The third kappa shape index (κ3) is 6.76. The molecule has 2 fully saturated rings. The first-order valence-corrected chi connectivity index (χ1v) is 13.6. The molecular formula is C30H39N5O. The first kappa shape index (κ1) is 24.6. The quantitative estimate of drug-likeness (QED) is 0.381. The van der Waals surface area contributed by atoms with Crippen LogP contribution in [-0.4, -0.2) is 34.6 Å². The summed E-state index contributed by atoms with van der Waals surface area (Å²) in [6.07, 6.45) is 14.6. The summed E-state index contributed by atoms with van der Waals surface area (Å²) in [6.45, 7) is 2.98. The Hall–Kier alpha value is -3.12. The largest absolute Gasteiger partial charge is 0.371 e. The minimum absolute atomic E-state index is 0.157. The molecule has 1 amide bonds. The van der Waals surface area contributed by atoms with E-state index in [9.17, 15) is 4.79 Å². The highest BCUT2D eigenvalue weighted by Crippen LogP contribution is 2.29. The maximum Gasteiger partial charge on any atom is 0.224 e. The molecule has 1 aliphatic carbocycles. The molecule has 36 heavy (non-hydrogen) atoms. The summed E-state index contributed by atoms with van der Waals surface area (Å²) in [6, 6.07) is 20.0. The molecule has 1 aromatic heterocycles. The number of rotatable bonds is 10. The number of carbonyl (C=O) groups excluding carboxylic acids is 1. The van der Waals surface area contributed by atoms with Crippen LogP contribution < -0.4 is 15.5 Å². The van der Waals surface area contributed by atoms with Gasteiger partial charge in [0.15, 0.2) is 0 Å². The number of carbonyl (C=O) groups is 1. The number of hydrogen-bond donors (Lipinski definition) is 2. The third-order valence-corrected chi connectivity index (χ3v) is 7.81. The van der Waals surface area contributed by atoms with Crippen LogP contribution in [0.4, 0.5) is 11.4 Å². The Labute approximate surface area is 215 Å². The van der Waals surface area contributed by atoms with E-state index in [0.717, 1.165) is 44.6 Å². The van der Waals surface area contributed by atoms with Crippen molar-refractivity contribution in [1.29, 1.82) is 0 Å². The first-order chi connectivity index (χ1) is 17.7. The predicted octanol–water partition coefficient (Wildman–Crippen LogP) is 5.79. The van der Waals surface area contributed by atoms with Crippen LogP contribution in [0.15, 0.2) is 73.3 Å². The van der Waals surface area contributed by atoms with Crippen molar-refractivity contribution in [3.8, 4) is 0 Å². The zero-order chi connectivity index (χ0) is 24.6. The van der Waals surface area contributed by atoms with Crippen molar-refractivity contribution < 1.29 is 4.79 Å². The number of amides is 1. The maximum absolute atomic E-state index is 12.5. The van der Waals surface area contributed by atoms with E-state index in [4.69, 9.17) is 0 Å². The summed E-state index contributed by atoms with van der Waals surface area (Å²) in [7, 11) is 0. The van der Waals surface area contributed by atoms with Gasteiger partial charge in [0.25, 0.3) is 0 Å². The van der Waals surface area contributed by atoms with Gasteiger partial charge in [-0.15, -0.1) is 0 Å². The van der Waals surface area contributed by atoms with Crippen LogP contribution >= 0.6 is 0 Å². The van der Waals surface area contributed by atoms with Gasteiger partial charge in [0.2, 0.25) is 5.91 Å². The van der Waals surface area contributed by atoms with Crippen molar-refractivity contribution in [2.45, 2.75) is 70.0 Å².